The molecular formula is C17H17N7. The fourth-order valence-electron chi connectivity index (χ4n) is 3.67. The fraction of sp³-hybridized carbons (Fsp3) is 0.294. The van der Waals surface area contributed by atoms with Crippen LogP contribution in [-0.4, -0.2) is 42.6 Å². The van der Waals surface area contributed by atoms with E-state index in [1.54, 1.807) is 12.5 Å². The van der Waals surface area contributed by atoms with Crippen molar-refractivity contribution < 1.29 is 0 Å². The number of rotatable bonds is 2. The van der Waals surface area contributed by atoms with Gasteiger partial charge < -0.3 is 14.5 Å². The zero-order valence-corrected chi connectivity index (χ0v) is 13.1. The molecule has 7 nitrogen and oxygen atoms in total. The van der Waals surface area contributed by atoms with Crippen LogP contribution in [0.5, 0.6) is 0 Å². The maximum atomic E-state index is 4.56. The van der Waals surface area contributed by atoms with E-state index in [4.69, 9.17) is 0 Å². The van der Waals surface area contributed by atoms with Gasteiger partial charge in [0.1, 0.15) is 23.3 Å². The summed E-state index contributed by atoms with van der Waals surface area (Å²) in [7, 11) is 0. The quantitative estimate of drug-likeness (QED) is 0.614. The Labute approximate surface area is 138 Å². The Morgan fingerprint density at radius 3 is 3.08 bits per heavy atom. The average molecular weight is 319 g/mol. The summed E-state index contributed by atoms with van der Waals surface area (Å²) in [5.74, 6) is 0.993. The molecule has 0 aliphatic carbocycles. The van der Waals surface area contributed by atoms with Gasteiger partial charge in [-0.25, -0.2) is 19.9 Å². The number of anilines is 1. The number of fused-ring (bicyclic) bond motifs is 3. The van der Waals surface area contributed by atoms with Crippen LogP contribution < -0.4 is 4.90 Å². The molecule has 120 valence electrons. The number of pyridine rings is 1. The van der Waals surface area contributed by atoms with Crippen molar-refractivity contribution in [1.29, 1.82) is 0 Å². The van der Waals surface area contributed by atoms with Crippen LogP contribution in [-0.2, 0) is 0 Å². The smallest absolute Gasteiger partial charge is 0.139 e. The molecule has 1 N–H and O–H groups in total. The third-order valence-electron chi connectivity index (χ3n) is 4.80. The minimum atomic E-state index is 0.374. The molecule has 5 heterocycles. The first kappa shape index (κ1) is 13.5. The van der Waals surface area contributed by atoms with Gasteiger partial charge in [-0.05, 0) is 25.0 Å². The standard InChI is InChI=1S/C17H17N7/c1-2-12(9-23(7-1)15-4-5-18-10-21-15)24-11-22-14-8-20-17-13(16(14)24)3-6-19-17/h3-6,8,10-12H,1-2,7,9H2,(H,19,20). The van der Waals surface area contributed by atoms with Crippen molar-refractivity contribution in [2.75, 3.05) is 18.0 Å². The van der Waals surface area contributed by atoms with Crippen LogP contribution >= 0.6 is 0 Å². The highest BCUT2D eigenvalue weighted by Crippen LogP contribution is 2.30. The second kappa shape index (κ2) is 5.30. The third-order valence-corrected chi connectivity index (χ3v) is 4.80. The lowest BCUT2D eigenvalue weighted by atomic mass is 10.1. The topological polar surface area (TPSA) is 75.5 Å². The van der Waals surface area contributed by atoms with E-state index in [9.17, 15) is 0 Å². The molecule has 1 aliphatic heterocycles. The van der Waals surface area contributed by atoms with Crippen LogP contribution in [0.1, 0.15) is 18.9 Å². The summed E-state index contributed by atoms with van der Waals surface area (Å²) in [4.78, 5) is 22.9. The lowest BCUT2D eigenvalue weighted by Crippen LogP contribution is -2.37. The first-order chi connectivity index (χ1) is 11.9. The van der Waals surface area contributed by atoms with Gasteiger partial charge in [-0.1, -0.05) is 0 Å². The molecule has 1 atom stereocenters. The van der Waals surface area contributed by atoms with E-state index < -0.39 is 0 Å². The van der Waals surface area contributed by atoms with Gasteiger partial charge in [-0.2, -0.15) is 0 Å². The Kier molecular flexibility index (Phi) is 2.97. The van der Waals surface area contributed by atoms with Crippen molar-refractivity contribution in [3.8, 4) is 0 Å². The Balaban J connectivity index is 1.56. The molecular weight excluding hydrogens is 302 g/mol. The highest BCUT2D eigenvalue weighted by molar-refractivity contribution is 6.00. The molecule has 1 saturated heterocycles. The lowest BCUT2D eigenvalue weighted by molar-refractivity contribution is 0.411. The molecule has 1 aliphatic rings. The summed E-state index contributed by atoms with van der Waals surface area (Å²) in [6.07, 6.45) is 11.4. The number of nitrogens with zero attached hydrogens (tertiary/aromatic N) is 6. The Hall–Kier alpha value is -2.96. The van der Waals surface area contributed by atoms with Crippen molar-refractivity contribution in [2.45, 2.75) is 18.9 Å². The Morgan fingerprint density at radius 2 is 2.17 bits per heavy atom. The first-order valence-corrected chi connectivity index (χ1v) is 8.20. The molecule has 4 aromatic heterocycles. The average Bonchev–Trinajstić information content (AvgIpc) is 3.28. The minimum absolute atomic E-state index is 0.374. The van der Waals surface area contributed by atoms with Gasteiger partial charge in [0.05, 0.1) is 24.1 Å². The molecule has 0 radical (unpaired) electrons. The first-order valence-electron chi connectivity index (χ1n) is 8.20. The molecule has 0 aromatic carbocycles. The number of hydrogen-bond acceptors (Lipinski definition) is 5. The summed E-state index contributed by atoms with van der Waals surface area (Å²) in [6.45, 7) is 1.96. The maximum Gasteiger partial charge on any atom is 0.139 e. The summed E-state index contributed by atoms with van der Waals surface area (Å²) in [5, 5.41) is 1.13. The van der Waals surface area contributed by atoms with Crippen LogP contribution in [0, 0.1) is 0 Å². The van der Waals surface area contributed by atoms with E-state index in [0.717, 1.165) is 53.8 Å². The van der Waals surface area contributed by atoms with Crippen molar-refractivity contribution >= 4 is 27.9 Å². The van der Waals surface area contributed by atoms with Crippen LogP contribution in [0.25, 0.3) is 22.1 Å². The van der Waals surface area contributed by atoms with E-state index in [2.05, 4.69) is 40.5 Å². The van der Waals surface area contributed by atoms with Crippen molar-refractivity contribution in [2.24, 2.45) is 0 Å². The highest BCUT2D eigenvalue weighted by Gasteiger charge is 2.24. The van der Waals surface area contributed by atoms with E-state index in [1.807, 2.05) is 24.8 Å². The zero-order chi connectivity index (χ0) is 15.9. The number of nitrogens with one attached hydrogen (secondary N) is 1. The second-order valence-corrected chi connectivity index (χ2v) is 6.19. The fourth-order valence-corrected chi connectivity index (χ4v) is 3.67. The molecule has 24 heavy (non-hydrogen) atoms. The number of piperidine rings is 1. The number of hydrogen-bond donors (Lipinski definition) is 1. The van der Waals surface area contributed by atoms with Crippen LogP contribution in [0.15, 0.2) is 43.4 Å². The van der Waals surface area contributed by atoms with Crippen LogP contribution in [0.3, 0.4) is 0 Å². The molecule has 0 saturated carbocycles. The molecule has 1 fully saturated rings. The van der Waals surface area contributed by atoms with Crippen LogP contribution in [0.2, 0.25) is 0 Å². The minimum Gasteiger partial charge on any atom is -0.354 e. The summed E-state index contributed by atoms with van der Waals surface area (Å²) in [5.41, 5.74) is 3.02. The largest absolute Gasteiger partial charge is 0.354 e. The molecule has 0 amide bonds. The van der Waals surface area contributed by atoms with Gasteiger partial charge in [-0.3, -0.25) is 0 Å². The Morgan fingerprint density at radius 1 is 1.17 bits per heavy atom. The maximum absolute atomic E-state index is 4.56. The molecule has 4 aromatic rings. The summed E-state index contributed by atoms with van der Waals surface area (Å²) < 4.78 is 2.31. The predicted molar refractivity (Wildman–Crippen MR) is 91.9 cm³/mol. The number of imidazole rings is 1. The Bertz CT molecular complexity index is 988. The predicted octanol–water partition coefficient (Wildman–Crippen LogP) is 2.54. The van der Waals surface area contributed by atoms with E-state index in [1.165, 1.54) is 0 Å². The van der Waals surface area contributed by atoms with Gasteiger partial charge in [0.2, 0.25) is 0 Å². The van der Waals surface area contributed by atoms with Gasteiger partial charge in [0.25, 0.3) is 0 Å². The van der Waals surface area contributed by atoms with Crippen molar-refractivity contribution in [1.82, 2.24) is 29.5 Å². The van der Waals surface area contributed by atoms with E-state index in [0.29, 0.717) is 6.04 Å². The number of aromatic amines is 1. The zero-order valence-electron chi connectivity index (χ0n) is 13.1. The highest BCUT2D eigenvalue weighted by atomic mass is 15.2. The number of aromatic nitrogens is 6. The second-order valence-electron chi connectivity index (χ2n) is 6.19. The third kappa shape index (κ3) is 2.05. The lowest BCUT2D eigenvalue weighted by Gasteiger charge is -2.34. The van der Waals surface area contributed by atoms with Gasteiger partial charge >= 0.3 is 0 Å². The molecule has 7 heteroatoms. The SMILES string of the molecule is c1cc(N2CCCC(n3cnc4cnc5[nH]ccc5c43)C2)ncn1. The summed E-state index contributed by atoms with van der Waals surface area (Å²) >= 11 is 0. The molecule has 0 bridgehead atoms. The van der Waals surface area contributed by atoms with Crippen molar-refractivity contribution in [3.63, 3.8) is 0 Å². The van der Waals surface area contributed by atoms with Gasteiger partial charge in [0.15, 0.2) is 0 Å². The monoisotopic (exact) mass is 319 g/mol. The van der Waals surface area contributed by atoms with E-state index in [-0.39, 0.29) is 0 Å². The molecule has 0 spiro atoms. The van der Waals surface area contributed by atoms with Crippen molar-refractivity contribution in [3.05, 3.63) is 43.4 Å². The molecule has 5 rings (SSSR count). The molecule has 1 unspecified atom stereocenters. The van der Waals surface area contributed by atoms with Crippen LogP contribution in [0.4, 0.5) is 5.82 Å². The van der Waals surface area contributed by atoms with Gasteiger partial charge in [0, 0.05) is 30.9 Å². The van der Waals surface area contributed by atoms with Gasteiger partial charge in [-0.15, -0.1) is 0 Å². The van der Waals surface area contributed by atoms with E-state index >= 15 is 0 Å². The normalized spacial score (nSPS) is 18.5. The number of H-pyrrole nitrogens is 1. The summed E-state index contributed by atoms with van der Waals surface area (Å²) in [6, 6.07) is 4.43.